The number of anilines is 1. The third-order valence-corrected chi connectivity index (χ3v) is 8.96. The first-order chi connectivity index (χ1) is 19.0. The Balaban J connectivity index is 2.09. The summed E-state index contributed by atoms with van der Waals surface area (Å²) in [5.41, 5.74) is 1.95. The van der Waals surface area contributed by atoms with E-state index in [1.165, 1.54) is 35.2 Å². The molecule has 0 saturated heterocycles. The van der Waals surface area contributed by atoms with E-state index in [1.807, 2.05) is 52.0 Å². The van der Waals surface area contributed by atoms with Gasteiger partial charge in [0.25, 0.3) is 10.0 Å². The summed E-state index contributed by atoms with van der Waals surface area (Å²) in [6.07, 6.45) is 1.07. The predicted octanol–water partition coefficient (Wildman–Crippen LogP) is 6.22. The number of benzene rings is 3. The number of carbonyl (C=O) groups is 2. The van der Waals surface area contributed by atoms with Crippen molar-refractivity contribution in [3.05, 3.63) is 94.0 Å². The molecular formula is C30H35Cl2N3O4S. The maximum atomic E-state index is 14.1. The maximum absolute atomic E-state index is 14.1. The lowest BCUT2D eigenvalue weighted by Crippen LogP contribution is -2.53. The van der Waals surface area contributed by atoms with Crippen LogP contribution >= 0.6 is 23.2 Å². The molecule has 3 aromatic carbocycles. The van der Waals surface area contributed by atoms with Crippen LogP contribution in [0.3, 0.4) is 0 Å². The lowest BCUT2D eigenvalue weighted by atomic mass is 10.1. The zero-order chi connectivity index (χ0) is 29.4. The average Bonchev–Trinajstić information content (AvgIpc) is 2.92. The van der Waals surface area contributed by atoms with Crippen molar-refractivity contribution in [2.24, 2.45) is 0 Å². The van der Waals surface area contributed by atoms with E-state index in [0.717, 1.165) is 21.9 Å². The van der Waals surface area contributed by atoms with Gasteiger partial charge in [-0.05, 0) is 68.1 Å². The van der Waals surface area contributed by atoms with Crippen molar-refractivity contribution in [3.63, 3.8) is 0 Å². The minimum absolute atomic E-state index is 0.00547. The monoisotopic (exact) mass is 603 g/mol. The summed E-state index contributed by atoms with van der Waals surface area (Å²) in [5.74, 6) is -0.827. The third kappa shape index (κ3) is 7.77. The number of rotatable bonds is 12. The Hall–Kier alpha value is -3.07. The molecule has 214 valence electrons. The standard InChI is InChI=1S/C30H35Cl2N3O4S/c1-5-22(4)33-30(37)28(6-2)34(19-23-13-11-10-12-21(23)3)29(36)20-35(26-17-24(31)16-25(32)18-26)40(38,39)27-14-8-7-9-15-27/h7-18,22,28H,5-6,19-20H2,1-4H3,(H,33,37)/t22-,28+/m0/s1. The molecule has 0 unspecified atom stereocenters. The van der Waals surface area contributed by atoms with E-state index in [0.29, 0.717) is 6.42 Å². The van der Waals surface area contributed by atoms with Crippen molar-refractivity contribution in [2.75, 3.05) is 10.8 Å². The zero-order valence-electron chi connectivity index (χ0n) is 23.1. The Morgan fingerprint density at radius 2 is 1.50 bits per heavy atom. The Morgan fingerprint density at radius 3 is 2.08 bits per heavy atom. The fourth-order valence-electron chi connectivity index (χ4n) is 4.26. The van der Waals surface area contributed by atoms with Crippen molar-refractivity contribution in [1.29, 1.82) is 0 Å². The van der Waals surface area contributed by atoms with Gasteiger partial charge in [0.05, 0.1) is 10.6 Å². The molecule has 0 radical (unpaired) electrons. The molecule has 40 heavy (non-hydrogen) atoms. The van der Waals surface area contributed by atoms with Crippen LogP contribution in [0.5, 0.6) is 0 Å². The number of carbonyl (C=O) groups excluding carboxylic acids is 2. The molecule has 7 nitrogen and oxygen atoms in total. The number of sulfonamides is 1. The molecule has 0 aliphatic heterocycles. The summed E-state index contributed by atoms with van der Waals surface area (Å²) in [4.78, 5) is 28.9. The molecule has 3 aromatic rings. The molecule has 2 amide bonds. The Labute approximate surface area is 247 Å². The molecule has 0 heterocycles. The van der Waals surface area contributed by atoms with Crippen LogP contribution < -0.4 is 9.62 Å². The van der Waals surface area contributed by atoms with Crippen molar-refractivity contribution in [3.8, 4) is 0 Å². The van der Waals surface area contributed by atoms with E-state index < -0.39 is 28.5 Å². The van der Waals surface area contributed by atoms with Gasteiger partial charge in [-0.25, -0.2) is 8.42 Å². The number of amides is 2. The fraction of sp³-hybridized carbons (Fsp3) is 0.333. The van der Waals surface area contributed by atoms with E-state index in [1.54, 1.807) is 18.2 Å². The number of hydrogen-bond donors (Lipinski definition) is 1. The highest BCUT2D eigenvalue weighted by atomic mass is 35.5. The van der Waals surface area contributed by atoms with Gasteiger partial charge in [-0.2, -0.15) is 0 Å². The first-order valence-electron chi connectivity index (χ1n) is 13.2. The van der Waals surface area contributed by atoms with Gasteiger partial charge in [-0.15, -0.1) is 0 Å². The van der Waals surface area contributed by atoms with Gasteiger partial charge in [0, 0.05) is 22.6 Å². The minimum atomic E-state index is -4.20. The molecule has 0 fully saturated rings. The number of nitrogens with zero attached hydrogens (tertiary/aromatic N) is 2. The molecule has 0 bridgehead atoms. The van der Waals surface area contributed by atoms with E-state index >= 15 is 0 Å². The minimum Gasteiger partial charge on any atom is -0.352 e. The Kier molecular flexibility index (Phi) is 11.0. The zero-order valence-corrected chi connectivity index (χ0v) is 25.4. The maximum Gasteiger partial charge on any atom is 0.264 e. The third-order valence-electron chi connectivity index (χ3n) is 6.73. The van der Waals surface area contributed by atoms with Gasteiger partial charge in [0.15, 0.2) is 0 Å². The van der Waals surface area contributed by atoms with Gasteiger partial charge in [-0.1, -0.05) is 79.5 Å². The molecule has 0 aliphatic rings. The van der Waals surface area contributed by atoms with Gasteiger partial charge in [0.1, 0.15) is 12.6 Å². The van der Waals surface area contributed by atoms with Crippen molar-refractivity contribution < 1.29 is 18.0 Å². The molecule has 0 aromatic heterocycles. The molecule has 0 spiro atoms. The lowest BCUT2D eigenvalue weighted by molar-refractivity contribution is -0.140. The van der Waals surface area contributed by atoms with Crippen molar-refractivity contribution in [1.82, 2.24) is 10.2 Å². The van der Waals surface area contributed by atoms with E-state index in [4.69, 9.17) is 23.2 Å². The van der Waals surface area contributed by atoms with Crippen molar-refractivity contribution in [2.45, 2.75) is 64.1 Å². The quantitative estimate of drug-likeness (QED) is 0.266. The molecule has 0 aliphatic carbocycles. The molecule has 3 rings (SSSR count). The topological polar surface area (TPSA) is 86.8 Å². The average molecular weight is 605 g/mol. The summed E-state index contributed by atoms with van der Waals surface area (Å²) in [6, 6.07) is 18.9. The smallest absolute Gasteiger partial charge is 0.264 e. The SMILES string of the molecule is CC[C@H](C(=O)N[C@@H](C)CC)N(Cc1ccccc1C)C(=O)CN(c1cc(Cl)cc(Cl)c1)S(=O)(=O)c1ccccc1. The van der Waals surface area contributed by atoms with Crippen molar-refractivity contribution >= 4 is 50.7 Å². The summed E-state index contributed by atoms with van der Waals surface area (Å²) < 4.78 is 28.7. The van der Waals surface area contributed by atoms with Crippen LogP contribution in [0.1, 0.15) is 44.7 Å². The van der Waals surface area contributed by atoms with Crippen LogP contribution in [0.15, 0.2) is 77.7 Å². The number of halogens is 2. The Morgan fingerprint density at radius 1 is 0.900 bits per heavy atom. The van der Waals surface area contributed by atoms with Gasteiger partial charge >= 0.3 is 0 Å². The summed E-state index contributed by atoms with van der Waals surface area (Å²) >= 11 is 12.5. The van der Waals surface area contributed by atoms with Crippen LogP contribution in [-0.4, -0.2) is 43.8 Å². The first kappa shape index (κ1) is 31.5. The molecule has 10 heteroatoms. The van der Waals surface area contributed by atoms with Gasteiger partial charge in [0.2, 0.25) is 11.8 Å². The summed E-state index contributed by atoms with van der Waals surface area (Å²) in [5, 5.41) is 3.42. The van der Waals surface area contributed by atoms with E-state index in [-0.39, 0.29) is 39.1 Å². The summed E-state index contributed by atoms with van der Waals surface area (Å²) in [7, 11) is -4.20. The van der Waals surface area contributed by atoms with Crippen LogP contribution in [0.4, 0.5) is 5.69 Å². The lowest BCUT2D eigenvalue weighted by Gasteiger charge is -2.34. The van der Waals surface area contributed by atoms with E-state index in [9.17, 15) is 18.0 Å². The van der Waals surface area contributed by atoms with Crippen LogP contribution in [-0.2, 0) is 26.2 Å². The second-order valence-corrected chi connectivity index (χ2v) is 12.4. The second-order valence-electron chi connectivity index (χ2n) is 9.64. The second kappa shape index (κ2) is 14.0. The van der Waals surface area contributed by atoms with Crippen LogP contribution in [0, 0.1) is 6.92 Å². The first-order valence-corrected chi connectivity index (χ1v) is 15.4. The van der Waals surface area contributed by atoms with Crippen LogP contribution in [0.2, 0.25) is 10.0 Å². The normalized spacial score (nSPS) is 12.8. The number of aryl methyl sites for hydroxylation is 1. The highest BCUT2D eigenvalue weighted by molar-refractivity contribution is 7.92. The van der Waals surface area contributed by atoms with Gasteiger partial charge < -0.3 is 10.2 Å². The molecule has 2 atom stereocenters. The molecule has 1 N–H and O–H groups in total. The summed E-state index contributed by atoms with van der Waals surface area (Å²) in [6.45, 7) is 7.19. The number of hydrogen-bond acceptors (Lipinski definition) is 4. The highest BCUT2D eigenvalue weighted by Gasteiger charge is 2.34. The molecule has 0 saturated carbocycles. The van der Waals surface area contributed by atoms with Crippen LogP contribution in [0.25, 0.3) is 0 Å². The molecular weight excluding hydrogens is 569 g/mol. The largest absolute Gasteiger partial charge is 0.352 e. The predicted molar refractivity (Wildman–Crippen MR) is 161 cm³/mol. The van der Waals surface area contributed by atoms with E-state index in [2.05, 4.69) is 5.32 Å². The highest BCUT2D eigenvalue weighted by Crippen LogP contribution is 2.30. The number of nitrogens with one attached hydrogen (secondary N) is 1. The Bertz CT molecular complexity index is 1410. The fourth-order valence-corrected chi connectivity index (χ4v) is 6.20. The van der Waals surface area contributed by atoms with Gasteiger partial charge in [-0.3, -0.25) is 13.9 Å².